The highest BCUT2D eigenvalue weighted by Gasteiger charge is 2.24. The molecule has 2 aromatic rings. The van der Waals surface area contributed by atoms with Crippen molar-refractivity contribution in [2.24, 2.45) is 0 Å². The van der Waals surface area contributed by atoms with Gasteiger partial charge in [-0.15, -0.1) is 0 Å². The summed E-state index contributed by atoms with van der Waals surface area (Å²) in [4.78, 5) is 16.0. The highest BCUT2D eigenvalue weighted by atomic mass is 16.3. The SMILES string of the molecule is Cc1cc(C2CC2)cn(Cc2ncco2)c1=O. The minimum absolute atomic E-state index is 0.0348. The van der Waals surface area contributed by atoms with Crippen LogP contribution in [0.15, 0.2) is 33.9 Å². The van der Waals surface area contributed by atoms with Crippen molar-refractivity contribution in [2.75, 3.05) is 0 Å². The first-order chi connectivity index (χ1) is 8.24. The van der Waals surface area contributed by atoms with Crippen molar-refractivity contribution >= 4 is 0 Å². The number of hydrogen-bond acceptors (Lipinski definition) is 3. The molecule has 2 aromatic heterocycles. The molecular formula is C13H14N2O2. The molecule has 1 fully saturated rings. The van der Waals surface area contributed by atoms with Crippen LogP contribution in [0.3, 0.4) is 0 Å². The second-order valence-electron chi connectivity index (χ2n) is 4.59. The molecule has 0 spiro atoms. The van der Waals surface area contributed by atoms with E-state index in [1.165, 1.54) is 24.7 Å². The molecule has 0 saturated heterocycles. The second kappa shape index (κ2) is 3.87. The summed E-state index contributed by atoms with van der Waals surface area (Å²) in [5.41, 5.74) is 2.09. The molecule has 4 nitrogen and oxygen atoms in total. The summed E-state index contributed by atoms with van der Waals surface area (Å²) in [7, 11) is 0. The number of aromatic nitrogens is 2. The molecule has 0 bridgehead atoms. The number of nitrogens with zero attached hydrogens (tertiary/aromatic N) is 2. The lowest BCUT2D eigenvalue weighted by atomic mass is 10.1. The molecule has 1 aliphatic carbocycles. The molecule has 0 radical (unpaired) electrons. The summed E-state index contributed by atoms with van der Waals surface area (Å²) in [6, 6.07) is 2.01. The van der Waals surface area contributed by atoms with Gasteiger partial charge in [0, 0.05) is 11.8 Å². The Morgan fingerprint density at radius 1 is 1.53 bits per heavy atom. The summed E-state index contributed by atoms with van der Waals surface area (Å²) in [6.07, 6.45) is 7.53. The molecule has 0 amide bonds. The standard InChI is InChI=1S/C13H14N2O2/c1-9-6-11(10-2-3-10)7-15(13(9)16)8-12-14-4-5-17-12/h4-7,10H,2-3,8H2,1H3. The van der Waals surface area contributed by atoms with Gasteiger partial charge < -0.3 is 8.98 Å². The Morgan fingerprint density at radius 3 is 3.00 bits per heavy atom. The van der Waals surface area contributed by atoms with Crippen molar-refractivity contribution in [3.05, 3.63) is 52.1 Å². The summed E-state index contributed by atoms with van der Waals surface area (Å²) < 4.78 is 6.87. The number of hydrogen-bond donors (Lipinski definition) is 0. The van der Waals surface area contributed by atoms with Crippen LogP contribution in [-0.2, 0) is 6.54 Å². The van der Waals surface area contributed by atoms with Crippen LogP contribution in [0.25, 0.3) is 0 Å². The molecule has 3 rings (SSSR count). The van der Waals surface area contributed by atoms with Crippen LogP contribution >= 0.6 is 0 Å². The van der Waals surface area contributed by atoms with E-state index in [4.69, 9.17) is 4.42 Å². The average Bonchev–Trinajstić information content (AvgIpc) is 3.04. The Balaban J connectivity index is 1.99. The van der Waals surface area contributed by atoms with Crippen molar-refractivity contribution in [1.29, 1.82) is 0 Å². The third-order valence-corrected chi connectivity index (χ3v) is 3.12. The molecule has 17 heavy (non-hydrogen) atoms. The number of pyridine rings is 1. The van der Waals surface area contributed by atoms with Gasteiger partial charge in [-0.25, -0.2) is 4.98 Å². The maximum Gasteiger partial charge on any atom is 0.253 e. The van der Waals surface area contributed by atoms with Crippen LogP contribution < -0.4 is 5.56 Å². The van der Waals surface area contributed by atoms with E-state index in [1.807, 2.05) is 19.2 Å². The zero-order valence-corrected chi connectivity index (χ0v) is 9.72. The average molecular weight is 230 g/mol. The first-order valence-corrected chi connectivity index (χ1v) is 5.83. The minimum Gasteiger partial charge on any atom is -0.447 e. The Morgan fingerprint density at radius 2 is 2.35 bits per heavy atom. The summed E-state index contributed by atoms with van der Waals surface area (Å²) in [5, 5.41) is 0. The molecule has 0 unspecified atom stereocenters. The van der Waals surface area contributed by atoms with Crippen LogP contribution in [0.4, 0.5) is 0 Å². The fourth-order valence-electron chi connectivity index (χ4n) is 2.05. The van der Waals surface area contributed by atoms with Crippen LogP contribution in [-0.4, -0.2) is 9.55 Å². The van der Waals surface area contributed by atoms with Crippen molar-refractivity contribution in [2.45, 2.75) is 32.2 Å². The van der Waals surface area contributed by atoms with E-state index in [9.17, 15) is 4.79 Å². The zero-order chi connectivity index (χ0) is 11.8. The highest BCUT2D eigenvalue weighted by molar-refractivity contribution is 5.25. The van der Waals surface area contributed by atoms with Gasteiger partial charge in [0.1, 0.15) is 12.8 Å². The van der Waals surface area contributed by atoms with Gasteiger partial charge >= 0.3 is 0 Å². The number of rotatable bonds is 3. The van der Waals surface area contributed by atoms with Crippen molar-refractivity contribution in [3.63, 3.8) is 0 Å². The lowest BCUT2D eigenvalue weighted by molar-refractivity contribution is 0.473. The lowest BCUT2D eigenvalue weighted by Gasteiger charge is -2.07. The smallest absolute Gasteiger partial charge is 0.253 e. The van der Waals surface area contributed by atoms with Gasteiger partial charge in [-0.1, -0.05) is 0 Å². The summed E-state index contributed by atoms with van der Waals surface area (Å²) in [5.74, 6) is 1.21. The van der Waals surface area contributed by atoms with E-state index in [-0.39, 0.29) is 5.56 Å². The van der Waals surface area contributed by atoms with E-state index in [0.29, 0.717) is 18.4 Å². The van der Waals surface area contributed by atoms with Gasteiger partial charge in [0.15, 0.2) is 0 Å². The van der Waals surface area contributed by atoms with Gasteiger partial charge in [0.2, 0.25) is 5.89 Å². The molecule has 0 N–H and O–H groups in total. The predicted molar refractivity (Wildman–Crippen MR) is 63.0 cm³/mol. The topological polar surface area (TPSA) is 48.0 Å². The maximum absolute atomic E-state index is 12.0. The normalized spacial score (nSPS) is 15.1. The maximum atomic E-state index is 12.0. The molecule has 1 saturated carbocycles. The van der Waals surface area contributed by atoms with E-state index >= 15 is 0 Å². The van der Waals surface area contributed by atoms with Crippen LogP contribution in [0.1, 0.15) is 35.8 Å². The van der Waals surface area contributed by atoms with Gasteiger partial charge in [-0.2, -0.15) is 0 Å². The Kier molecular flexibility index (Phi) is 2.35. The third-order valence-electron chi connectivity index (χ3n) is 3.12. The third kappa shape index (κ3) is 2.02. The first kappa shape index (κ1) is 10.3. The van der Waals surface area contributed by atoms with E-state index in [0.717, 1.165) is 5.56 Å². The largest absolute Gasteiger partial charge is 0.447 e. The van der Waals surface area contributed by atoms with Crippen LogP contribution in [0.2, 0.25) is 0 Å². The van der Waals surface area contributed by atoms with Crippen molar-refractivity contribution in [3.8, 4) is 0 Å². The molecule has 1 aliphatic rings. The fourth-order valence-corrected chi connectivity index (χ4v) is 2.05. The fraction of sp³-hybridized carbons (Fsp3) is 0.385. The quantitative estimate of drug-likeness (QED) is 0.811. The summed E-state index contributed by atoms with van der Waals surface area (Å²) >= 11 is 0. The molecule has 88 valence electrons. The molecule has 0 aromatic carbocycles. The van der Waals surface area contributed by atoms with E-state index in [2.05, 4.69) is 4.98 Å². The van der Waals surface area contributed by atoms with Crippen LogP contribution in [0.5, 0.6) is 0 Å². The van der Waals surface area contributed by atoms with Crippen molar-refractivity contribution in [1.82, 2.24) is 9.55 Å². The van der Waals surface area contributed by atoms with Gasteiger partial charge in [0.25, 0.3) is 5.56 Å². The molecule has 2 heterocycles. The Bertz CT molecular complexity index is 580. The molecule has 4 heteroatoms. The van der Waals surface area contributed by atoms with Gasteiger partial charge in [-0.3, -0.25) is 4.79 Å². The van der Waals surface area contributed by atoms with E-state index in [1.54, 1.807) is 10.8 Å². The van der Waals surface area contributed by atoms with Crippen molar-refractivity contribution < 1.29 is 4.42 Å². The summed E-state index contributed by atoms with van der Waals surface area (Å²) in [6.45, 7) is 2.27. The lowest BCUT2D eigenvalue weighted by Crippen LogP contribution is -2.23. The number of oxazole rings is 1. The first-order valence-electron chi connectivity index (χ1n) is 5.83. The van der Waals surface area contributed by atoms with Gasteiger partial charge in [0.05, 0.1) is 6.20 Å². The number of aryl methyl sites for hydroxylation is 1. The zero-order valence-electron chi connectivity index (χ0n) is 9.72. The Labute approximate surface area is 98.9 Å². The molecule has 0 atom stereocenters. The molecular weight excluding hydrogens is 216 g/mol. The molecule has 0 aliphatic heterocycles. The second-order valence-corrected chi connectivity index (χ2v) is 4.59. The van der Waals surface area contributed by atoms with Gasteiger partial charge in [-0.05, 0) is 37.3 Å². The predicted octanol–water partition coefficient (Wildman–Crippen LogP) is 2.07. The van der Waals surface area contributed by atoms with E-state index < -0.39 is 0 Å². The van der Waals surface area contributed by atoms with Crippen LogP contribution in [0, 0.1) is 6.92 Å². The highest BCUT2D eigenvalue weighted by Crippen LogP contribution is 2.39. The minimum atomic E-state index is 0.0348. The monoisotopic (exact) mass is 230 g/mol. The Hall–Kier alpha value is -1.84.